The molecular formula is C25H28FN3O3S. The molecule has 0 saturated carbocycles. The van der Waals surface area contributed by atoms with Crippen LogP contribution in [0, 0.1) is 25.6 Å². The van der Waals surface area contributed by atoms with Crippen LogP contribution in [0.3, 0.4) is 0 Å². The van der Waals surface area contributed by atoms with Crippen LogP contribution in [0.5, 0.6) is 0 Å². The van der Waals surface area contributed by atoms with Gasteiger partial charge in [-0.15, -0.1) is 11.3 Å². The number of hydrogen-bond acceptors (Lipinski definition) is 5. The van der Waals surface area contributed by atoms with Gasteiger partial charge < -0.3 is 15.3 Å². The van der Waals surface area contributed by atoms with Gasteiger partial charge >= 0.3 is 5.97 Å². The Morgan fingerprint density at radius 3 is 2.33 bits per heavy atom. The minimum absolute atomic E-state index is 0.135. The lowest BCUT2D eigenvalue weighted by Gasteiger charge is -2.23. The summed E-state index contributed by atoms with van der Waals surface area (Å²) in [6.45, 7) is 8.08. The van der Waals surface area contributed by atoms with E-state index in [4.69, 9.17) is 0 Å². The molecule has 0 aliphatic heterocycles. The molecule has 174 valence electrons. The lowest BCUT2D eigenvalue weighted by atomic mass is 10.0. The van der Waals surface area contributed by atoms with Crippen molar-refractivity contribution in [2.45, 2.75) is 46.7 Å². The summed E-state index contributed by atoms with van der Waals surface area (Å²) in [4.78, 5) is 31.5. The van der Waals surface area contributed by atoms with Crippen molar-refractivity contribution in [3.8, 4) is 0 Å². The van der Waals surface area contributed by atoms with E-state index in [1.807, 2.05) is 32.6 Å². The van der Waals surface area contributed by atoms with Gasteiger partial charge in [0.1, 0.15) is 11.9 Å². The van der Waals surface area contributed by atoms with E-state index in [1.54, 1.807) is 42.5 Å². The van der Waals surface area contributed by atoms with Gasteiger partial charge in [0.05, 0.1) is 17.9 Å². The molecule has 1 amide bonds. The Morgan fingerprint density at radius 2 is 1.79 bits per heavy atom. The van der Waals surface area contributed by atoms with E-state index in [1.165, 1.54) is 17.4 Å². The van der Waals surface area contributed by atoms with Crippen LogP contribution in [-0.4, -0.2) is 28.0 Å². The molecule has 2 aromatic carbocycles. The zero-order chi connectivity index (χ0) is 24.1. The van der Waals surface area contributed by atoms with Gasteiger partial charge in [0.2, 0.25) is 0 Å². The quantitative estimate of drug-likeness (QED) is 0.434. The highest BCUT2D eigenvalue weighted by Crippen LogP contribution is 2.34. The standard InChI is InChI=1S/C25H28FN3O3S/c1-15(2)13-21(24(31)32)28-23(30)19-11-9-18(10-12-19)14-29(22-8-6-5-7-20(22)26)25-27-16(3)17(4)33-25/h5-12,15,21H,13-14H2,1-4H3,(H,28,30)(H,31,32). The van der Waals surface area contributed by atoms with Gasteiger partial charge in [-0.2, -0.15) is 0 Å². The number of hydrogen-bond donors (Lipinski definition) is 2. The molecule has 8 heteroatoms. The highest BCUT2D eigenvalue weighted by molar-refractivity contribution is 7.15. The Bertz CT molecular complexity index is 1110. The van der Waals surface area contributed by atoms with Crippen LogP contribution < -0.4 is 10.2 Å². The molecule has 1 heterocycles. The van der Waals surface area contributed by atoms with Crippen LogP contribution in [0.25, 0.3) is 0 Å². The lowest BCUT2D eigenvalue weighted by molar-refractivity contribution is -0.139. The first-order valence-corrected chi connectivity index (χ1v) is 11.6. The number of amides is 1. The Morgan fingerprint density at radius 1 is 1.12 bits per heavy atom. The van der Waals surface area contributed by atoms with E-state index >= 15 is 0 Å². The second-order valence-corrected chi connectivity index (χ2v) is 9.55. The number of rotatable bonds is 9. The van der Waals surface area contributed by atoms with Gasteiger partial charge in [0.15, 0.2) is 5.13 Å². The topological polar surface area (TPSA) is 82.5 Å². The molecule has 33 heavy (non-hydrogen) atoms. The van der Waals surface area contributed by atoms with E-state index < -0.39 is 17.9 Å². The molecule has 6 nitrogen and oxygen atoms in total. The first-order chi connectivity index (χ1) is 15.7. The van der Waals surface area contributed by atoms with E-state index in [2.05, 4.69) is 10.3 Å². The number of aromatic nitrogens is 1. The van der Waals surface area contributed by atoms with Crippen molar-refractivity contribution >= 4 is 34.0 Å². The predicted octanol–water partition coefficient (Wildman–Crippen LogP) is 5.47. The molecule has 0 radical (unpaired) electrons. The Kier molecular flexibility index (Phi) is 7.81. The van der Waals surface area contributed by atoms with E-state index in [9.17, 15) is 19.1 Å². The monoisotopic (exact) mass is 469 g/mol. The van der Waals surface area contributed by atoms with Gasteiger partial charge in [0.25, 0.3) is 5.91 Å². The number of thiazole rings is 1. The summed E-state index contributed by atoms with van der Waals surface area (Å²) in [5.74, 6) is -1.70. The molecule has 1 unspecified atom stereocenters. The minimum atomic E-state index is -1.05. The molecule has 0 aliphatic carbocycles. The third-order valence-corrected chi connectivity index (χ3v) is 6.35. The number of para-hydroxylation sites is 1. The van der Waals surface area contributed by atoms with Gasteiger partial charge in [-0.25, -0.2) is 14.2 Å². The maximum absolute atomic E-state index is 14.6. The van der Waals surface area contributed by atoms with Crippen molar-refractivity contribution in [3.05, 3.63) is 76.0 Å². The summed E-state index contributed by atoms with van der Waals surface area (Å²) < 4.78 is 14.6. The highest BCUT2D eigenvalue weighted by atomic mass is 32.1. The van der Waals surface area contributed by atoms with Gasteiger partial charge in [0, 0.05) is 10.4 Å². The fourth-order valence-corrected chi connectivity index (χ4v) is 4.30. The molecule has 0 bridgehead atoms. The number of nitrogens with one attached hydrogen (secondary N) is 1. The fraction of sp³-hybridized carbons (Fsp3) is 0.320. The third-order valence-electron chi connectivity index (χ3n) is 5.26. The molecule has 0 fully saturated rings. The molecule has 2 N–H and O–H groups in total. The molecule has 0 saturated heterocycles. The highest BCUT2D eigenvalue weighted by Gasteiger charge is 2.22. The first-order valence-electron chi connectivity index (χ1n) is 10.7. The Hall–Kier alpha value is -3.26. The third kappa shape index (κ3) is 6.16. The largest absolute Gasteiger partial charge is 0.480 e. The average molecular weight is 470 g/mol. The van der Waals surface area contributed by atoms with Crippen LogP contribution in [0.15, 0.2) is 48.5 Å². The fourth-order valence-electron chi connectivity index (χ4n) is 3.38. The number of carboxylic acid groups (broad SMARTS) is 1. The number of nitrogens with zero attached hydrogens (tertiary/aromatic N) is 2. The smallest absolute Gasteiger partial charge is 0.326 e. The van der Waals surface area contributed by atoms with Crippen LogP contribution in [-0.2, 0) is 11.3 Å². The Labute approximate surface area is 197 Å². The molecular weight excluding hydrogens is 441 g/mol. The first kappa shape index (κ1) is 24.4. The van der Waals surface area contributed by atoms with Crippen molar-refractivity contribution in [2.24, 2.45) is 5.92 Å². The maximum Gasteiger partial charge on any atom is 0.326 e. The number of anilines is 2. The molecule has 0 aliphatic rings. The summed E-state index contributed by atoms with van der Waals surface area (Å²) in [6.07, 6.45) is 0.351. The average Bonchev–Trinajstić information content (AvgIpc) is 3.10. The van der Waals surface area contributed by atoms with Crippen molar-refractivity contribution in [1.29, 1.82) is 0 Å². The maximum atomic E-state index is 14.6. The normalized spacial score (nSPS) is 11.9. The van der Waals surface area contributed by atoms with E-state index in [0.717, 1.165) is 16.1 Å². The molecule has 1 aromatic heterocycles. The van der Waals surface area contributed by atoms with Gasteiger partial charge in [-0.1, -0.05) is 38.1 Å². The van der Waals surface area contributed by atoms with Crippen molar-refractivity contribution in [2.75, 3.05) is 4.90 Å². The number of aliphatic carboxylic acids is 1. The summed E-state index contributed by atoms with van der Waals surface area (Å²) >= 11 is 1.50. The summed E-state index contributed by atoms with van der Waals surface area (Å²) in [5.41, 5.74) is 2.55. The van der Waals surface area contributed by atoms with Crippen molar-refractivity contribution in [3.63, 3.8) is 0 Å². The second-order valence-electron chi connectivity index (χ2n) is 8.37. The van der Waals surface area contributed by atoms with Crippen molar-refractivity contribution in [1.82, 2.24) is 10.3 Å². The summed E-state index contributed by atoms with van der Waals surface area (Å²) in [6, 6.07) is 12.5. The predicted molar refractivity (Wildman–Crippen MR) is 129 cm³/mol. The van der Waals surface area contributed by atoms with Crippen LogP contribution in [0.1, 0.15) is 46.8 Å². The van der Waals surface area contributed by atoms with E-state index in [0.29, 0.717) is 29.3 Å². The summed E-state index contributed by atoms with van der Waals surface area (Å²) in [7, 11) is 0. The zero-order valence-electron chi connectivity index (χ0n) is 19.1. The SMILES string of the molecule is Cc1nc(N(Cc2ccc(C(=O)NC(CC(C)C)C(=O)O)cc2)c2ccccc2F)sc1C. The summed E-state index contributed by atoms with van der Waals surface area (Å²) in [5, 5.41) is 12.6. The van der Waals surface area contributed by atoms with Crippen molar-refractivity contribution < 1.29 is 19.1 Å². The molecule has 1 atom stereocenters. The second kappa shape index (κ2) is 10.6. The van der Waals surface area contributed by atoms with Crippen LogP contribution in [0.2, 0.25) is 0 Å². The number of carboxylic acids is 1. The number of benzene rings is 2. The Balaban J connectivity index is 1.81. The number of carbonyl (C=O) groups is 2. The minimum Gasteiger partial charge on any atom is -0.480 e. The lowest BCUT2D eigenvalue weighted by Crippen LogP contribution is -2.41. The zero-order valence-corrected chi connectivity index (χ0v) is 19.9. The number of halogens is 1. The van der Waals surface area contributed by atoms with Gasteiger partial charge in [-0.3, -0.25) is 4.79 Å². The van der Waals surface area contributed by atoms with Crippen LogP contribution in [0.4, 0.5) is 15.2 Å². The molecule has 3 aromatic rings. The number of carbonyl (C=O) groups excluding carboxylic acids is 1. The van der Waals surface area contributed by atoms with E-state index in [-0.39, 0.29) is 11.7 Å². The number of aryl methyl sites for hydroxylation is 2. The van der Waals surface area contributed by atoms with Crippen LogP contribution >= 0.6 is 11.3 Å². The van der Waals surface area contributed by atoms with Gasteiger partial charge in [-0.05, 0) is 56.0 Å². The molecule has 0 spiro atoms. The molecule has 3 rings (SSSR count).